The lowest BCUT2D eigenvalue weighted by Crippen LogP contribution is -2.31. The standard InChI is InChI=1S/C16H18N4O4/c1-10-8-19-9-12(4-6-15(19)17-10)18-13-7-11(16(21)24-2)3-5-14(13)20(22)23/h3,5,7-8,12,18H,4,6,9H2,1-2H3. The highest BCUT2D eigenvalue weighted by Gasteiger charge is 2.23. The number of esters is 1. The van der Waals surface area contributed by atoms with Crippen LogP contribution in [0.4, 0.5) is 11.4 Å². The van der Waals surface area contributed by atoms with Crippen LogP contribution in [0, 0.1) is 17.0 Å². The van der Waals surface area contributed by atoms with Crippen molar-refractivity contribution in [1.29, 1.82) is 0 Å². The van der Waals surface area contributed by atoms with Crippen LogP contribution in [0.3, 0.4) is 0 Å². The topological polar surface area (TPSA) is 99.3 Å². The van der Waals surface area contributed by atoms with Gasteiger partial charge in [-0.05, 0) is 25.5 Å². The Bertz CT molecular complexity index is 799. The average molecular weight is 330 g/mol. The number of methoxy groups -OCH3 is 1. The first-order valence-electron chi connectivity index (χ1n) is 7.64. The highest BCUT2D eigenvalue weighted by molar-refractivity contribution is 5.91. The van der Waals surface area contributed by atoms with Crippen molar-refractivity contribution < 1.29 is 14.5 Å². The van der Waals surface area contributed by atoms with Gasteiger partial charge in [0.1, 0.15) is 11.5 Å². The Labute approximate surface area is 138 Å². The summed E-state index contributed by atoms with van der Waals surface area (Å²) in [6.45, 7) is 2.62. The van der Waals surface area contributed by atoms with Crippen molar-refractivity contribution in [2.45, 2.75) is 32.4 Å². The van der Waals surface area contributed by atoms with Crippen molar-refractivity contribution in [3.63, 3.8) is 0 Å². The zero-order valence-corrected chi connectivity index (χ0v) is 13.5. The van der Waals surface area contributed by atoms with Crippen LogP contribution < -0.4 is 5.32 Å². The number of aromatic nitrogens is 2. The predicted molar refractivity (Wildman–Crippen MR) is 87.1 cm³/mol. The quantitative estimate of drug-likeness (QED) is 0.524. The fraction of sp³-hybridized carbons (Fsp3) is 0.375. The minimum absolute atomic E-state index is 0.0256. The number of nitrogens with zero attached hydrogens (tertiary/aromatic N) is 3. The zero-order chi connectivity index (χ0) is 17.3. The maximum atomic E-state index is 11.7. The number of fused-ring (bicyclic) bond motifs is 1. The molecule has 2 aromatic rings. The Balaban J connectivity index is 1.85. The van der Waals surface area contributed by atoms with Crippen LogP contribution in [0.5, 0.6) is 0 Å². The second kappa shape index (κ2) is 6.31. The Morgan fingerprint density at radius 2 is 2.29 bits per heavy atom. The first kappa shape index (κ1) is 16.0. The molecule has 0 fully saturated rings. The molecule has 1 unspecified atom stereocenters. The van der Waals surface area contributed by atoms with Crippen LogP contribution in [0.1, 0.15) is 28.3 Å². The van der Waals surface area contributed by atoms with E-state index in [1.165, 1.54) is 25.3 Å². The molecule has 3 rings (SSSR count). The fourth-order valence-electron chi connectivity index (χ4n) is 2.98. The molecule has 0 amide bonds. The van der Waals surface area contributed by atoms with Crippen LogP contribution in [0.2, 0.25) is 0 Å². The van der Waals surface area contributed by atoms with Crippen molar-refractivity contribution in [2.75, 3.05) is 12.4 Å². The first-order valence-corrected chi connectivity index (χ1v) is 7.64. The summed E-state index contributed by atoms with van der Waals surface area (Å²) in [7, 11) is 1.28. The molecule has 24 heavy (non-hydrogen) atoms. The van der Waals surface area contributed by atoms with Gasteiger partial charge in [-0.1, -0.05) is 0 Å². The van der Waals surface area contributed by atoms with Crippen molar-refractivity contribution in [3.8, 4) is 0 Å². The molecular weight excluding hydrogens is 312 g/mol. The number of anilines is 1. The first-order chi connectivity index (χ1) is 11.5. The van der Waals surface area contributed by atoms with Crippen LogP contribution in [0.15, 0.2) is 24.4 Å². The molecule has 1 aromatic carbocycles. The van der Waals surface area contributed by atoms with E-state index in [4.69, 9.17) is 0 Å². The van der Waals surface area contributed by atoms with Crippen molar-refractivity contribution in [1.82, 2.24) is 9.55 Å². The number of nitro groups is 1. The summed E-state index contributed by atoms with van der Waals surface area (Å²) >= 11 is 0. The third kappa shape index (κ3) is 3.08. The summed E-state index contributed by atoms with van der Waals surface area (Å²) in [4.78, 5) is 26.9. The van der Waals surface area contributed by atoms with E-state index in [0.717, 1.165) is 24.4 Å². The lowest BCUT2D eigenvalue weighted by Gasteiger charge is -2.25. The summed E-state index contributed by atoms with van der Waals surface area (Å²) in [5.74, 6) is 0.507. The van der Waals surface area contributed by atoms with Crippen LogP contribution in [-0.4, -0.2) is 33.6 Å². The van der Waals surface area contributed by atoms with Gasteiger partial charge in [0, 0.05) is 31.3 Å². The molecule has 0 radical (unpaired) electrons. The Morgan fingerprint density at radius 1 is 1.50 bits per heavy atom. The molecule has 0 saturated carbocycles. The Morgan fingerprint density at radius 3 is 3.00 bits per heavy atom. The molecule has 1 aliphatic rings. The number of rotatable bonds is 4. The number of nitrogens with one attached hydrogen (secondary N) is 1. The number of carbonyl (C=O) groups is 1. The summed E-state index contributed by atoms with van der Waals surface area (Å²) in [6.07, 6.45) is 3.59. The van der Waals surface area contributed by atoms with Crippen LogP contribution >= 0.6 is 0 Å². The maximum Gasteiger partial charge on any atom is 0.337 e. The van der Waals surface area contributed by atoms with Gasteiger partial charge >= 0.3 is 5.97 Å². The summed E-state index contributed by atoms with van der Waals surface area (Å²) in [6, 6.07) is 4.22. The largest absolute Gasteiger partial charge is 0.465 e. The normalized spacial score (nSPS) is 16.3. The summed E-state index contributed by atoms with van der Waals surface area (Å²) in [5, 5.41) is 14.5. The van der Waals surface area contributed by atoms with Crippen LogP contribution in [-0.2, 0) is 17.7 Å². The summed E-state index contributed by atoms with van der Waals surface area (Å²) in [5.41, 5.74) is 1.51. The predicted octanol–water partition coefficient (Wildman–Crippen LogP) is 2.31. The third-order valence-electron chi connectivity index (χ3n) is 4.09. The third-order valence-corrected chi connectivity index (χ3v) is 4.09. The van der Waals surface area contributed by atoms with Crippen molar-refractivity contribution in [3.05, 3.63) is 51.6 Å². The second-order valence-electron chi connectivity index (χ2n) is 5.81. The van der Waals surface area contributed by atoms with Gasteiger partial charge in [0.25, 0.3) is 5.69 Å². The molecule has 8 nitrogen and oxygen atoms in total. The van der Waals surface area contributed by atoms with E-state index in [0.29, 0.717) is 12.2 Å². The van der Waals surface area contributed by atoms with E-state index >= 15 is 0 Å². The van der Waals surface area contributed by atoms with Crippen molar-refractivity contribution in [2.24, 2.45) is 0 Å². The van der Waals surface area contributed by atoms with E-state index < -0.39 is 10.9 Å². The number of carbonyl (C=O) groups excluding carboxylic acids is 1. The average Bonchev–Trinajstić information content (AvgIpc) is 2.93. The Hall–Kier alpha value is -2.90. The molecule has 0 saturated heterocycles. The molecule has 1 atom stereocenters. The second-order valence-corrected chi connectivity index (χ2v) is 5.81. The highest BCUT2D eigenvalue weighted by Crippen LogP contribution is 2.28. The minimum atomic E-state index is -0.524. The smallest absolute Gasteiger partial charge is 0.337 e. The van der Waals surface area contributed by atoms with E-state index in [-0.39, 0.29) is 17.3 Å². The lowest BCUT2D eigenvalue weighted by atomic mass is 10.1. The van der Waals surface area contributed by atoms with E-state index in [9.17, 15) is 14.9 Å². The number of nitro benzene ring substituents is 1. The van der Waals surface area contributed by atoms with Gasteiger partial charge in [-0.2, -0.15) is 0 Å². The van der Waals surface area contributed by atoms with Gasteiger partial charge in [-0.3, -0.25) is 10.1 Å². The van der Waals surface area contributed by atoms with Gasteiger partial charge in [0.15, 0.2) is 0 Å². The SMILES string of the molecule is COC(=O)c1ccc([N+](=O)[O-])c(NC2CCc3nc(C)cn3C2)c1. The molecule has 8 heteroatoms. The maximum absolute atomic E-state index is 11.7. The van der Waals surface area contributed by atoms with Gasteiger partial charge < -0.3 is 14.6 Å². The Kier molecular flexibility index (Phi) is 4.20. The molecule has 1 N–H and O–H groups in total. The van der Waals surface area contributed by atoms with E-state index in [1.807, 2.05) is 13.1 Å². The van der Waals surface area contributed by atoms with Gasteiger partial charge in [0.2, 0.25) is 0 Å². The van der Waals surface area contributed by atoms with Gasteiger partial charge in [0.05, 0.1) is 23.3 Å². The molecular formula is C16H18N4O4. The number of hydrogen-bond acceptors (Lipinski definition) is 6. The molecule has 1 aliphatic heterocycles. The number of ether oxygens (including phenoxy) is 1. The number of hydrogen-bond donors (Lipinski definition) is 1. The van der Waals surface area contributed by atoms with Gasteiger partial charge in [-0.25, -0.2) is 9.78 Å². The monoisotopic (exact) mass is 330 g/mol. The summed E-state index contributed by atoms with van der Waals surface area (Å²) < 4.78 is 6.74. The zero-order valence-electron chi connectivity index (χ0n) is 13.5. The number of imidazole rings is 1. The molecule has 2 heterocycles. The number of aryl methyl sites for hydroxylation is 2. The van der Waals surface area contributed by atoms with E-state index in [2.05, 4.69) is 19.6 Å². The molecule has 0 spiro atoms. The molecule has 0 aliphatic carbocycles. The number of benzene rings is 1. The van der Waals surface area contributed by atoms with Gasteiger partial charge in [-0.15, -0.1) is 0 Å². The van der Waals surface area contributed by atoms with E-state index in [1.54, 1.807) is 0 Å². The lowest BCUT2D eigenvalue weighted by molar-refractivity contribution is -0.384. The molecule has 126 valence electrons. The molecule has 0 bridgehead atoms. The highest BCUT2D eigenvalue weighted by atomic mass is 16.6. The van der Waals surface area contributed by atoms with Crippen LogP contribution in [0.25, 0.3) is 0 Å². The minimum Gasteiger partial charge on any atom is -0.465 e. The fourth-order valence-corrected chi connectivity index (χ4v) is 2.98. The van der Waals surface area contributed by atoms with Crippen molar-refractivity contribution >= 4 is 17.3 Å². The molecule has 1 aromatic heterocycles.